The average molecular weight is 651 g/mol. The van der Waals surface area contributed by atoms with E-state index in [1.54, 1.807) is 0 Å². The molecule has 0 fully saturated rings. The van der Waals surface area contributed by atoms with Crippen molar-refractivity contribution in [3.8, 4) is 56.2 Å². The molecule has 0 saturated heterocycles. The maximum Gasteiger partial charge on any atom is 0.160 e. The fourth-order valence-corrected chi connectivity index (χ4v) is 8.29. The second-order valence-corrected chi connectivity index (χ2v) is 14.2. The van der Waals surface area contributed by atoms with E-state index < -0.39 is 0 Å². The zero-order valence-electron chi connectivity index (χ0n) is 28.6. The van der Waals surface area contributed by atoms with Gasteiger partial charge in [-0.05, 0) is 90.0 Å². The number of nitrogens with zero attached hydrogens (tertiary/aromatic N) is 2. The van der Waals surface area contributed by atoms with E-state index in [9.17, 15) is 0 Å². The van der Waals surface area contributed by atoms with Crippen LogP contribution in [0.4, 0.5) is 0 Å². The Bertz CT molecular complexity index is 2740. The Balaban J connectivity index is 1.18. The zero-order valence-corrected chi connectivity index (χ0v) is 28.6. The topological polar surface area (TPSA) is 25.8 Å². The summed E-state index contributed by atoms with van der Waals surface area (Å²) in [6, 6.07) is 61.2. The molecule has 0 amide bonds. The van der Waals surface area contributed by atoms with Crippen molar-refractivity contribution >= 4 is 32.3 Å². The second kappa shape index (κ2) is 11.3. The van der Waals surface area contributed by atoms with Gasteiger partial charge in [0, 0.05) is 22.1 Å². The van der Waals surface area contributed by atoms with Gasteiger partial charge in [-0.15, -0.1) is 0 Å². The van der Waals surface area contributed by atoms with Gasteiger partial charge in [0.25, 0.3) is 0 Å². The lowest BCUT2D eigenvalue weighted by molar-refractivity contribution is 0.661. The molecule has 1 aliphatic carbocycles. The first-order chi connectivity index (χ1) is 25.0. The first-order valence-corrected chi connectivity index (χ1v) is 17.7. The molecule has 0 radical (unpaired) electrons. The first kappa shape index (κ1) is 29.5. The van der Waals surface area contributed by atoms with Crippen LogP contribution in [-0.2, 0) is 5.41 Å². The van der Waals surface area contributed by atoms with Gasteiger partial charge in [-0.2, -0.15) is 0 Å². The highest BCUT2D eigenvalue weighted by Gasteiger charge is 2.37. The van der Waals surface area contributed by atoms with Gasteiger partial charge in [-0.1, -0.05) is 159 Å². The van der Waals surface area contributed by atoms with Gasteiger partial charge in [0.15, 0.2) is 5.82 Å². The van der Waals surface area contributed by atoms with E-state index in [1.165, 1.54) is 60.1 Å². The standard InChI is InChI=1S/C49H34N2/c1-49(2)43-26-12-23-39(47(43)42-28-33-15-3-4-16-34(33)29-44(42)49)35-19-9-20-36(27-35)48-50-45(40-24-10-17-31-13-5-7-21-37(31)40)30-46(51-48)41-25-11-18-32-14-6-8-22-38(32)41/h3-30H,1-2H3. The number of rotatable bonds is 4. The molecular formula is C49H34N2. The third-order valence-electron chi connectivity index (χ3n) is 10.9. The predicted octanol–water partition coefficient (Wildman–Crippen LogP) is 12.9. The highest BCUT2D eigenvalue weighted by Crippen LogP contribution is 2.53. The van der Waals surface area contributed by atoms with Crippen LogP contribution in [0.25, 0.3) is 88.5 Å². The third-order valence-corrected chi connectivity index (χ3v) is 10.9. The normalized spacial score (nSPS) is 13.1. The predicted molar refractivity (Wildman–Crippen MR) is 214 cm³/mol. The van der Waals surface area contributed by atoms with E-state index >= 15 is 0 Å². The second-order valence-electron chi connectivity index (χ2n) is 14.2. The Morgan fingerprint density at radius 2 is 0.882 bits per heavy atom. The Hall–Kier alpha value is -6.38. The molecule has 0 bridgehead atoms. The molecule has 0 aliphatic heterocycles. The first-order valence-electron chi connectivity index (χ1n) is 17.7. The average Bonchev–Trinajstić information content (AvgIpc) is 3.41. The molecule has 1 heterocycles. The summed E-state index contributed by atoms with van der Waals surface area (Å²) in [4.78, 5) is 10.6. The fourth-order valence-electron chi connectivity index (χ4n) is 8.29. The third kappa shape index (κ3) is 4.71. The lowest BCUT2D eigenvalue weighted by Crippen LogP contribution is -2.14. The monoisotopic (exact) mass is 650 g/mol. The maximum absolute atomic E-state index is 5.32. The SMILES string of the molecule is CC1(C)c2cc3ccccc3cc2-c2c(-c3cccc(-c4nc(-c5cccc6ccccc56)cc(-c5cccc6ccccc56)n4)c3)cccc21. The molecule has 0 spiro atoms. The van der Waals surface area contributed by atoms with Gasteiger partial charge in [0.2, 0.25) is 0 Å². The summed E-state index contributed by atoms with van der Waals surface area (Å²) in [5.41, 5.74) is 12.7. The van der Waals surface area contributed by atoms with E-state index in [1.807, 2.05) is 0 Å². The van der Waals surface area contributed by atoms with Gasteiger partial charge in [-0.25, -0.2) is 9.97 Å². The molecular weight excluding hydrogens is 617 g/mol. The number of fused-ring (bicyclic) bond motifs is 6. The Morgan fingerprint density at radius 1 is 0.373 bits per heavy atom. The van der Waals surface area contributed by atoms with Crippen LogP contribution in [0, 0.1) is 0 Å². The minimum Gasteiger partial charge on any atom is -0.228 e. The summed E-state index contributed by atoms with van der Waals surface area (Å²) in [6.07, 6.45) is 0. The molecule has 2 nitrogen and oxygen atoms in total. The lowest BCUT2D eigenvalue weighted by atomic mass is 9.81. The van der Waals surface area contributed by atoms with Gasteiger partial charge in [-0.3, -0.25) is 0 Å². The van der Waals surface area contributed by atoms with Crippen LogP contribution < -0.4 is 0 Å². The molecule has 51 heavy (non-hydrogen) atoms. The van der Waals surface area contributed by atoms with Gasteiger partial charge in [0.05, 0.1) is 11.4 Å². The molecule has 2 heteroatoms. The van der Waals surface area contributed by atoms with Crippen LogP contribution in [-0.4, -0.2) is 9.97 Å². The highest BCUT2D eigenvalue weighted by molar-refractivity contribution is 6.01. The fraction of sp³-hybridized carbons (Fsp3) is 0.0612. The molecule has 240 valence electrons. The molecule has 9 aromatic rings. The van der Waals surface area contributed by atoms with E-state index in [-0.39, 0.29) is 5.41 Å². The molecule has 0 unspecified atom stereocenters. The largest absolute Gasteiger partial charge is 0.228 e. The van der Waals surface area contributed by atoms with Gasteiger partial charge >= 0.3 is 0 Å². The smallest absolute Gasteiger partial charge is 0.160 e. The van der Waals surface area contributed by atoms with Crippen LogP contribution in [0.5, 0.6) is 0 Å². The summed E-state index contributed by atoms with van der Waals surface area (Å²) in [6.45, 7) is 4.71. The van der Waals surface area contributed by atoms with Crippen molar-refractivity contribution < 1.29 is 0 Å². The minimum absolute atomic E-state index is 0.106. The molecule has 10 rings (SSSR count). The number of aromatic nitrogens is 2. The van der Waals surface area contributed by atoms with Gasteiger partial charge < -0.3 is 0 Å². The summed E-state index contributed by atoms with van der Waals surface area (Å²) in [7, 11) is 0. The minimum atomic E-state index is -0.106. The van der Waals surface area contributed by atoms with Crippen molar-refractivity contribution in [1.82, 2.24) is 9.97 Å². The maximum atomic E-state index is 5.32. The van der Waals surface area contributed by atoms with Crippen molar-refractivity contribution in [3.05, 3.63) is 181 Å². The molecule has 8 aromatic carbocycles. The number of hydrogen-bond acceptors (Lipinski definition) is 2. The summed E-state index contributed by atoms with van der Waals surface area (Å²) in [5, 5.41) is 7.29. The molecule has 1 aliphatic rings. The molecule has 0 saturated carbocycles. The zero-order chi connectivity index (χ0) is 34.1. The van der Waals surface area contributed by atoms with Crippen molar-refractivity contribution in [1.29, 1.82) is 0 Å². The molecule has 0 N–H and O–H groups in total. The van der Waals surface area contributed by atoms with E-state index in [0.717, 1.165) is 33.6 Å². The van der Waals surface area contributed by atoms with Crippen LogP contribution in [0.2, 0.25) is 0 Å². The summed E-state index contributed by atoms with van der Waals surface area (Å²) in [5.74, 6) is 0.713. The number of benzene rings is 8. The Labute approximate surface area is 297 Å². The van der Waals surface area contributed by atoms with E-state index in [2.05, 4.69) is 184 Å². The summed E-state index contributed by atoms with van der Waals surface area (Å²) >= 11 is 0. The van der Waals surface area contributed by atoms with Crippen LogP contribution >= 0.6 is 0 Å². The van der Waals surface area contributed by atoms with Gasteiger partial charge in [0.1, 0.15) is 0 Å². The van der Waals surface area contributed by atoms with E-state index in [0.29, 0.717) is 5.82 Å². The molecule has 1 aromatic heterocycles. The molecule has 0 atom stereocenters. The van der Waals surface area contributed by atoms with E-state index in [4.69, 9.17) is 9.97 Å². The Morgan fingerprint density at radius 3 is 1.55 bits per heavy atom. The van der Waals surface area contributed by atoms with Crippen LogP contribution in [0.1, 0.15) is 25.0 Å². The van der Waals surface area contributed by atoms with Crippen molar-refractivity contribution in [2.75, 3.05) is 0 Å². The highest BCUT2D eigenvalue weighted by atomic mass is 14.9. The van der Waals surface area contributed by atoms with Crippen LogP contribution in [0.15, 0.2) is 170 Å². The summed E-state index contributed by atoms with van der Waals surface area (Å²) < 4.78 is 0. The lowest BCUT2D eigenvalue weighted by Gasteiger charge is -2.22. The van der Waals surface area contributed by atoms with Crippen molar-refractivity contribution in [2.24, 2.45) is 0 Å². The van der Waals surface area contributed by atoms with Crippen molar-refractivity contribution in [3.63, 3.8) is 0 Å². The quantitative estimate of drug-likeness (QED) is 0.189. The van der Waals surface area contributed by atoms with Crippen LogP contribution in [0.3, 0.4) is 0 Å². The van der Waals surface area contributed by atoms with Crippen molar-refractivity contribution in [2.45, 2.75) is 19.3 Å². The Kier molecular flexibility index (Phi) is 6.56. The number of hydrogen-bond donors (Lipinski definition) is 0.